The topological polar surface area (TPSA) is 35.5 Å². The lowest BCUT2D eigenvalue weighted by atomic mass is 9.86. The third-order valence-corrected chi connectivity index (χ3v) is 2.80. The van der Waals surface area contributed by atoms with E-state index in [4.69, 9.17) is 21.1 Å². The van der Waals surface area contributed by atoms with Crippen LogP contribution in [0, 0.1) is 0 Å². The van der Waals surface area contributed by atoms with Crippen LogP contribution in [0.2, 0.25) is 5.02 Å². The van der Waals surface area contributed by atoms with Gasteiger partial charge in [0.2, 0.25) is 0 Å². The van der Waals surface area contributed by atoms with Crippen molar-refractivity contribution in [2.24, 2.45) is 0 Å². The van der Waals surface area contributed by atoms with Crippen LogP contribution in [-0.4, -0.2) is 20.2 Å². The maximum Gasteiger partial charge on any atom is 0.341 e. The molecular weight excluding hydrogens is 240 g/mol. The average Bonchev–Trinajstić information content (AvgIpc) is 2.25. The number of ether oxygens (including phenoxy) is 2. The highest BCUT2D eigenvalue weighted by Crippen LogP contribution is 2.35. The van der Waals surface area contributed by atoms with Crippen molar-refractivity contribution in [1.82, 2.24) is 0 Å². The number of carbonyl (C=O) groups excluding carboxylic acids is 1. The molecule has 0 saturated carbocycles. The van der Waals surface area contributed by atoms with Gasteiger partial charge in [-0.1, -0.05) is 32.4 Å². The van der Waals surface area contributed by atoms with Crippen molar-refractivity contribution < 1.29 is 14.3 Å². The van der Waals surface area contributed by atoms with Crippen molar-refractivity contribution in [3.63, 3.8) is 0 Å². The predicted octanol–water partition coefficient (Wildman–Crippen LogP) is 3.43. The largest absolute Gasteiger partial charge is 0.494 e. The lowest BCUT2D eigenvalue weighted by molar-refractivity contribution is 0.0597. The highest BCUT2D eigenvalue weighted by atomic mass is 35.5. The molecule has 0 aliphatic rings. The zero-order chi connectivity index (χ0) is 13.2. The Kier molecular flexibility index (Phi) is 4.04. The van der Waals surface area contributed by atoms with Crippen molar-refractivity contribution in [3.05, 3.63) is 28.3 Å². The predicted molar refractivity (Wildman–Crippen MR) is 68.0 cm³/mol. The summed E-state index contributed by atoms with van der Waals surface area (Å²) in [6, 6.07) is 3.57. The Balaban J connectivity index is 3.44. The van der Waals surface area contributed by atoms with Crippen LogP contribution in [-0.2, 0) is 10.2 Å². The van der Waals surface area contributed by atoms with Crippen LogP contribution in [0.25, 0.3) is 0 Å². The van der Waals surface area contributed by atoms with E-state index in [9.17, 15) is 4.79 Å². The summed E-state index contributed by atoms with van der Waals surface area (Å²) < 4.78 is 9.86. The summed E-state index contributed by atoms with van der Waals surface area (Å²) in [6.07, 6.45) is 0. The van der Waals surface area contributed by atoms with Gasteiger partial charge in [0, 0.05) is 0 Å². The van der Waals surface area contributed by atoms with Crippen molar-refractivity contribution in [2.45, 2.75) is 26.2 Å². The fraction of sp³-hybridized carbons (Fsp3) is 0.462. The van der Waals surface area contributed by atoms with Crippen LogP contribution in [0.3, 0.4) is 0 Å². The lowest BCUT2D eigenvalue weighted by Gasteiger charge is -2.21. The number of carbonyl (C=O) groups is 1. The average molecular weight is 257 g/mol. The first-order valence-corrected chi connectivity index (χ1v) is 5.65. The second-order valence-corrected chi connectivity index (χ2v) is 5.19. The summed E-state index contributed by atoms with van der Waals surface area (Å²) in [4.78, 5) is 11.7. The summed E-state index contributed by atoms with van der Waals surface area (Å²) in [7, 11) is 2.81. The SMILES string of the molecule is COC(=O)c1cc(C(C)(C)C)cc(Cl)c1OC. The molecule has 0 unspecified atom stereocenters. The van der Waals surface area contributed by atoms with E-state index in [2.05, 4.69) is 0 Å². The van der Waals surface area contributed by atoms with Crippen LogP contribution in [0.5, 0.6) is 5.75 Å². The first kappa shape index (κ1) is 13.8. The molecule has 0 amide bonds. The summed E-state index contributed by atoms with van der Waals surface area (Å²) in [5.41, 5.74) is 1.22. The minimum atomic E-state index is -0.449. The van der Waals surface area contributed by atoms with Gasteiger partial charge in [-0.25, -0.2) is 4.79 Å². The molecule has 1 aromatic carbocycles. The van der Waals surface area contributed by atoms with E-state index >= 15 is 0 Å². The van der Waals surface area contributed by atoms with E-state index < -0.39 is 5.97 Å². The van der Waals surface area contributed by atoms with Crippen LogP contribution in [0.4, 0.5) is 0 Å². The van der Waals surface area contributed by atoms with E-state index in [0.717, 1.165) is 5.56 Å². The maximum atomic E-state index is 11.7. The van der Waals surface area contributed by atoms with Gasteiger partial charge in [0.25, 0.3) is 0 Å². The van der Waals surface area contributed by atoms with E-state index in [0.29, 0.717) is 16.3 Å². The zero-order valence-electron chi connectivity index (χ0n) is 10.8. The van der Waals surface area contributed by atoms with E-state index in [1.54, 1.807) is 6.07 Å². The van der Waals surface area contributed by atoms with Gasteiger partial charge >= 0.3 is 5.97 Å². The monoisotopic (exact) mass is 256 g/mol. The van der Waals surface area contributed by atoms with Crippen molar-refractivity contribution in [3.8, 4) is 5.75 Å². The van der Waals surface area contributed by atoms with Crippen molar-refractivity contribution in [2.75, 3.05) is 14.2 Å². The molecule has 0 radical (unpaired) electrons. The molecule has 17 heavy (non-hydrogen) atoms. The molecular formula is C13H17ClO3. The van der Waals surface area contributed by atoms with Crippen LogP contribution in [0.1, 0.15) is 36.7 Å². The summed E-state index contributed by atoms with van der Waals surface area (Å²) >= 11 is 6.11. The molecule has 0 aliphatic carbocycles. The number of esters is 1. The first-order valence-electron chi connectivity index (χ1n) is 5.27. The third kappa shape index (κ3) is 2.91. The molecule has 94 valence electrons. The summed E-state index contributed by atoms with van der Waals surface area (Å²) in [5.74, 6) is -0.0960. The number of halogens is 1. The normalized spacial score (nSPS) is 11.2. The number of benzene rings is 1. The Labute approximate surface area is 107 Å². The number of hydrogen-bond acceptors (Lipinski definition) is 3. The molecule has 3 nitrogen and oxygen atoms in total. The van der Waals surface area contributed by atoms with Gasteiger partial charge in [-0.2, -0.15) is 0 Å². The van der Waals surface area contributed by atoms with Crippen LogP contribution in [0.15, 0.2) is 12.1 Å². The van der Waals surface area contributed by atoms with Gasteiger partial charge in [-0.3, -0.25) is 0 Å². The molecule has 0 heterocycles. The lowest BCUT2D eigenvalue weighted by Crippen LogP contribution is -2.14. The van der Waals surface area contributed by atoms with Gasteiger partial charge in [0.1, 0.15) is 5.56 Å². The number of rotatable bonds is 2. The van der Waals surface area contributed by atoms with Crippen molar-refractivity contribution in [1.29, 1.82) is 0 Å². The molecule has 0 atom stereocenters. The summed E-state index contributed by atoms with van der Waals surface area (Å²) in [6.45, 7) is 6.14. The molecule has 4 heteroatoms. The fourth-order valence-electron chi connectivity index (χ4n) is 1.50. The molecule has 1 rings (SSSR count). The Morgan fingerprint density at radius 3 is 2.24 bits per heavy atom. The quantitative estimate of drug-likeness (QED) is 0.761. The number of hydrogen-bond donors (Lipinski definition) is 0. The van der Waals surface area contributed by atoms with E-state index in [1.807, 2.05) is 26.8 Å². The van der Waals surface area contributed by atoms with Crippen LogP contribution < -0.4 is 4.74 Å². The van der Waals surface area contributed by atoms with Gasteiger partial charge in [0.05, 0.1) is 19.2 Å². The number of methoxy groups -OCH3 is 2. The van der Waals surface area contributed by atoms with Gasteiger partial charge in [-0.15, -0.1) is 0 Å². The van der Waals surface area contributed by atoms with Gasteiger partial charge < -0.3 is 9.47 Å². The molecule has 0 aromatic heterocycles. The molecule has 1 aromatic rings. The Hall–Kier alpha value is -1.22. The Morgan fingerprint density at radius 2 is 1.82 bits per heavy atom. The summed E-state index contributed by atoms with van der Waals surface area (Å²) in [5, 5.41) is 0.417. The zero-order valence-corrected chi connectivity index (χ0v) is 11.5. The maximum absolute atomic E-state index is 11.7. The second-order valence-electron chi connectivity index (χ2n) is 4.78. The fourth-order valence-corrected chi connectivity index (χ4v) is 1.79. The second kappa shape index (κ2) is 4.96. The Morgan fingerprint density at radius 1 is 1.24 bits per heavy atom. The van der Waals surface area contributed by atoms with E-state index in [-0.39, 0.29) is 5.41 Å². The van der Waals surface area contributed by atoms with Crippen molar-refractivity contribution >= 4 is 17.6 Å². The molecule has 0 spiro atoms. The molecule has 0 bridgehead atoms. The standard InChI is InChI=1S/C13H17ClO3/c1-13(2,3)8-6-9(12(15)17-5)11(16-4)10(14)7-8/h6-7H,1-5H3. The smallest absolute Gasteiger partial charge is 0.341 e. The molecule has 0 N–H and O–H groups in total. The van der Waals surface area contributed by atoms with Gasteiger partial charge in [-0.05, 0) is 23.1 Å². The van der Waals surface area contributed by atoms with E-state index in [1.165, 1.54) is 14.2 Å². The van der Waals surface area contributed by atoms with Gasteiger partial charge in [0.15, 0.2) is 5.75 Å². The highest BCUT2D eigenvalue weighted by Gasteiger charge is 2.22. The third-order valence-electron chi connectivity index (χ3n) is 2.52. The Bertz CT molecular complexity index is 433. The minimum Gasteiger partial charge on any atom is -0.494 e. The molecule has 0 saturated heterocycles. The molecule has 0 fully saturated rings. The molecule has 0 aliphatic heterocycles. The highest BCUT2D eigenvalue weighted by molar-refractivity contribution is 6.32. The first-order chi connectivity index (χ1) is 7.81. The van der Waals surface area contributed by atoms with Crippen LogP contribution >= 0.6 is 11.6 Å². The minimum absolute atomic E-state index is 0.0985.